The molecule has 0 spiro atoms. The van der Waals surface area contributed by atoms with Gasteiger partial charge in [0.15, 0.2) is 0 Å². The van der Waals surface area contributed by atoms with E-state index in [1.54, 1.807) is 0 Å². The van der Waals surface area contributed by atoms with E-state index in [0.717, 1.165) is 19.3 Å². The topological polar surface area (TPSA) is 77.0 Å². The molecular formula is C10H14F2N4O. The summed E-state index contributed by atoms with van der Waals surface area (Å²) in [5.74, 6) is -3.24. The fourth-order valence-corrected chi connectivity index (χ4v) is 2.25. The highest BCUT2D eigenvalue weighted by molar-refractivity contribution is 5.27. The van der Waals surface area contributed by atoms with Crippen molar-refractivity contribution in [3.05, 3.63) is 5.89 Å². The Morgan fingerprint density at radius 2 is 2.18 bits per heavy atom. The Bertz CT molecular complexity index is 422. The van der Waals surface area contributed by atoms with Crippen molar-refractivity contribution in [2.24, 2.45) is 5.73 Å². The summed E-state index contributed by atoms with van der Waals surface area (Å²) in [7, 11) is 0. The third-order valence-corrected chi connectivity index (χ3v) is 3.37. The first kappa shape index (κ1) is 10.9. The SMILES string of the molecule is N[C@H]1CC[C@H](Nc2noc(C3CC3(F)F)n2)C1. The minimum Gasteiger partial charge on any atom is -0.349 e. The third kappa shape index (κ3) is 2.11. The minimum atomic E-state index is -2.67. The molecule has 0 aromatic carbocycles. The molecule has 7 heteroatoms. The summed E-state index contributed by atoms with van der Waals surface area (Å²) in [4.78, 5) is 3.95. The molecule has 2 aliphatic rings. The van der Waals surface area contributed by atoms with Crippen molar-refractivity contribution in [2.75, 3.05) is 5.32 Å². The molecule has 0 bridgehead atoms. The van der Waals surface area contributed by atoms with Crippen molar-refractivity contribution >= 4 is 5.95 Å². The van der Waals surface area contributed by atoms with E-state index in [1.807, 2.05) is 0 Å². The van der Waals surface area contributed by atoms with Gasteiger partial charge in [0, 0.05) is 18.5 Å². The maximum atomic E-state index is 12.8. The number of aromatic nitrogens is 2. The number of halogens is 2. The third-order valence-electron chi connectivity index (χ3n) is 3.37. The van der Waals surface area contributed by atoms with Crippen LogP contribution in [0.3, 0.4) is 0 Å². The standard InChI is InChI=1S/C10H14F2N4O/c11-10(12)4-7(10)8-15-9(16-17-8)14-6-2-1-5(13)3-6/h5-7H,1-4,13H2,(H,14,16)/t5-,6-,7?/m0/s1. The summed E-state index contributed by atoms with van der Waals surface area (Å²) < 4.78 is 30.4. The first-order chi connectivity index (χ1) is 8.04. The van der Waals surface area contributed by atoms with Gasteiger partial charge in [-0.1, -0.05) is 0 Å². The molecule has 5 nitrogen and oxygen atoms in total. The van der Waals surface area contributed by atoms with Gasteiger partial charge in [-0.2, -0.15) is 4.98 Å². The zero-order chi connectivity index (χ0) is 12.0. The summed E-state index contributed by atoms with van der Waals surface area (Å²) in [6.45, 7) is 0. The van der Waals surface area contributed by atoms with Gasteiger partial charge in [0.2, 0.25) is 5.89 Å². The minimum absolute atomic E-state index is 0.0276. The number of nitrogens with two attached hydrogens (primary N) is 1. The molecule has 2 aliphatic carbocycles. The van der Waals surface area contributed by atoms with Crippen molar-refractivity contribution in [3.63, 3.8) is 0 Å². The highest BCUT2D eigenvalue weighted by Crippen LogP contribution is 2.55. The van der Waals surface area contributed by atoms with Gasteiger partial charge in [-0.15, -0.1) is 0 Å². The monoisotopic (exact) mass is 244 g/mol. The summed E-state index contributed by atoms with van der Waals surface area (Å²) in [6.07, 6.45) is 2.57. The van der Waals surface area contributed by atoms with Crippen LogP contribution in [0.15, 0.2) is 4.52 Å². The van der Waals surface area contributed by atoms with Crippen molar-refractivity contribution in [1.29, 1.82) is 0 Å². The average molecular weight is 244 g/mol. The second-order valence-electron chi connectivity index (χ2n) is 4.89. The number of anilines is 1. The molecular weight excluding hydrogens is 230 g/mol. The first-order valence-electron chi connectivity index (χ1n) is 5.78. The molecule has 3 atom stereocenters. The molecule has 1 aromatic rings. The number of alkyl halides is 2. The van der Waals surface area contributed by atoms with Gasteiger partial charge in [0.25, 0.3) is 11.9 Å². The molecule has 0 aliphatic heterocycles. The molecule has 0 saturated heterocycles. The first-order valence-corrected chi connectivity index (χ1v) is 5.78. The van der Waals surface area contributed by atoms with E-state index in [1.165, 1.54) is 0 Å². The molecule has 94 valence electrons. The van der Waals surface area contributed by atoms with Gasteiger partial charge in [-0.05, 0) is 24.4 Å². The van der Waals surface area contributed by atoms with Crippen LogP contribution in [0.1, 0.15) is 37.5 Å². The number of nitrogens with zero attached hydrogens (tertiary/aromatic N) is 2. The number of rotatable bonds is 3. The second kappa shape index (κ2) is 3.63. The lowest BCUT2D eigenvalue weighted by Crippen LogP contribution is -2.21. The van der Waals surface area contributed by atoms with Crippen LogP contribution in [0, 0.1) is 0 Å². The van der Waals surface area contributed by atoms with Crippen LogP contribution in [0.25, 0.3) is 0 Å². The summed E-state index contributed by atoms with van der Waals surface area (Å²) in [6, 6.07) is 0.418. The summed E-state index contributed by atoms with van der Waals surface area (Å²) in [5.41, 5.74) is 5.77. The smallest absolute Gasteiger partial charge is 0.263 e. The lowest BCUT2D eigenvalue weighted by atomic mass is 10.2. The van der Waals surface area contributed by atoms with Crippen molar-refractivity contribution in [3.8, 4) is 0 Å². The Morgan fingerprint density at radius 3 is 2.76 bits per heavy atom. The van der Waals surface area contributed by atoms with E-state index in [2.05, 4.69) is 15.5 Å². The normalized spacial score (nSPS) is 34.9. The second-order valence-corrected chi connectivity index (χ2v) is 4.89. The van der Waals surface area contributed by atoms with E-state index in [-0.39, 0.29) is 24.4 Å². The zero-order valence-corrected chi connectivity index (χ0v) is 9.20. The lowest BCUT2D eigenvalue weighted by molar-refractivity contribution is 0.106. The van der Waals surface area contributed by atoms with Gasteiger partial charge in [-0.25, -0.2) is 8.78 Å². The summed E-state index contributed by atoms with van der Waals surface area (Å²) >= 11 is 0. The summed E-state index contributed by atoms with van der Waals surface area (Å²) in [5, 5.41) is 6.72. The van der Waals surface area contributed by atoms with Gasteiger partial charge in [0.05, 0.1) is 0 Å². The van der Waals surface area contributed by atoms with Crippen LogP contribution in [-0.2, 0) is 0 Å². The van der Waals surface area contributed by atoms with Crippen LogP contribution in [-0.4, -0.2) is 28.1 Å². The maximum Gasteiger partial charge on any atom is 0.263 e. The maximum absolute atomic E-state index is 12.8. The Morgan fingerprint density at radius 1 is 1.41 bits per heavy atom. The lowest BCUT2D eigenvalue weighted by Gasteiger charge is -2.08. The number of hydrogen-bond donors (Lipinski definition) is 2. The molecule has 3 rings (SSSR count). The van der Waals surface area contributed by atoms with E-state index in [9.17, 15) is 8.78 Å². The molecule has 17 heavy (non-hydrogen) atoms. The van der Waals surface area contributed by atoms with Crippen LogP contribution in [0.4, 0.5) is 14.7 Å². The molecule has 0 radical (unpaired) electrons. The van der Waals surface area contributed by atoms with Crippen molar-refractivity contribution in [2.45, 2.75) is 49.6 Å². The van der Waals surface area contributed by atoms with E-state index >= 15 is 0 Å². The quantitative estimate of drug-likeness (QED) is 0.842. The zero-order valence-electron chi connectivity index (χ0n) is 9.20. The predicted molar refractivity (Wildman–Crippen MR) is 55.8 cm³/mol. The van der Waals surface area contributed by atoms with Gasteiger partial charge >= 0.3 is 0 Å². The molecule has 0 amide bonds. The van der Waals surface area contributed by atoms with Crippen LogP contribution >= 0.6 is 0 Å². The number of hydrogen-bond acceptors (Lipinski definition) is 5. The van der Waals surface area contributed by atoms with Crippen LogP contribution in [0.2, 0.25) is 0 Å². The largest absolute Gasteiger partial charge is 0.349 e. The molecule has 3 N–H and O–H groups in total. The Kier molecular flexibility index (Phi) is 2.32. The highest BCUT2D eigenvalue weighted by Gasteiger charge is 2.61. The fourth-order valence-electron chi connectivity index (χ4n) is 2.25. The molecule has 1 heterocycles. The Hall–Kier alpha value is -1.24. The molecule has 1 aromatic heterocycles. The van der Waals surface area contributed by atoms with Crippen molar-refractivity contribution < 1.29 is 13.3 Å². The van der Waals surface area contributed by atoms with Crippen LogP contribution < -0.4 is 11.1 Å². The Balaban J connectivity index is 1.61. The molecule has 2 saturated carbocycles. The van der Waals surface area contributed by atoms with Gasteiger partial charge in [-0.3, -0.25) is 0 Å². The average Bonchev–Trinajstić information content (AvgIpc) is 2.69. The van der Waals surface area contributed by atoms with Gasteiger partial charge < -0.3 is 15.6 Å². The van der Waals surface area contributed by atoms with Gasteiger partial charge in [0.1, 0.15) is 5.92 Å². The van der Waals surface area contributed by atoms with E-state index < -0.39 is 11.8 Å². The Labute approximate surface area is 96.7 Å². The van der Waals surface area contributed by atoms with Crippen molar-refractivity contribution in [1.82, 2.24) is 10.1 Å². The highest BCUT2D eigenvalue weighted by atomic mass is 19.3. The van der Waals surface area contributed by atoms with Crippen LogP contribution in [0.5, 0.6) is 0 Å². The van der Waals surface area contributed by atoms with E-state index in [0.29, 0.717) is 5.95 Å². The molecule has 1 unspecified atom stereocenters. The predicted octanol–water partition coefficient (Wildman–Crippen LogP) is 1.48. The molecule has 2 fully saturated rings. The van der Waals surface area contributed by atoms with E-state index in [4.69, 9.17) is 10.3 Å². The fraction of sp³-hybridized carbons (Fsp3) is 0.800. The number of nitrogens with one attached hydrogen (secondary N) is 1.